The maximum Gasteiger partial charge on any atom is 0.451 e. The first kappa shape index (κ1) is 31.8. The zero-order valence-electron chi connectivity index (χ0n) is 18.8. The summed E-state index contributed by atoms with van der Waals surface area (Å²) in [6.45, 7) is -3.51. The van der Waals surface area contributed by atoms with Crippen LogP contribution in [0.2, 0.25) is 0 Å². The Balaban J connectivity index is 2.68. The zero-order valence-corrected chi connectivity index (χ0v) is 19.6. The fourth-order valence-electron chi connectivity index (χ4n) is 3.44. The van der Waals surface area contributed by atoms with Crippen molar-refractivity contribution in [2.45, 2.75) is 72.6 Å². The Morgan fingerprint density at radius 1 is 0.973 bits per heavy atom. The fraction of sp³-hybridized carbons (Fsp3) is 0.938. The Morgan fingerprint density at radius 3 is 1.92 bits per heavy atom. The van der Waals surface area contributed by atoms with Crippen LogP contribution < -0.4 is 0 Å². The van der Waals surface area contributed by atoms with Crippen LogP contribution in [0.5, 0.6) is 0 Å². The molecular formula is C16H29NO19S. The molecule has 2 aliphatic rings. The van der Waals surface area contributed by atoms with Crippen molar-refractivity contribution < 1.29 is 93.5 Å². The van der Waals surface area contributed by atoms with Gasteiger partial charge < -0.3 is 70.4 Å². The van der Waals surface area contributed by atoms with E-state index in [1.807, 2.05) is 0 Å². The highest BCUT2D eigenvalue weighted by Gasteiger charge is 2.71. The molecule has 0 aromatic carbocycles. The van der Waals surface area contributed by atoms with Gasteiger partial charge >= 0.3 is 21.2 Å². The van der Waals surface area contributed by atoms with Crippen LogP contribution in [0.25, 0.3) is 0 Å². The molecule has 2 aliphatic heterocycles. The van der Waals surface area contributed by atoms with Crippen LogP contribution in [0.4, 0.5) is 4.79 Å². The first-order valence-corrected chi connectivity index (χ1v) is 11.7. The van der Waals surface area contributed by atoms with Crippen molar-refractivity contribution in [2.24, 2.45) is 0 Å². The van der Waals surface area contributed by atoms with Crippen molar-refractivity contribution in [1.82, 2.24) is 4.47 Å². The van der Waals surface area contributed by atoms with Crippen LogP contribution in [-0.2, 0) is 29.0 Å². The Bertz CT molecular complexity index is 914. The van der Waals surface area contributed by atoms with Gasteiger partial charge in [0.2, 0.25) is 12.1 Å². The molecule has 2 unspecified atom stereocenters. The quantitative estimate of drug-likeness (QED) is 0.0694. The number of rotatable bonds is 9. The second-order valence-electron chi connectivity index (χ2n) is 8.26. The first-order valence-electron chi connectivity index (χ1n) is 10.2. The smallest absolute Gasteiger partial charge is 0.409 e. The Hall–Kier alpha value is -1.38. The summed E-state index contributed by atoms with van der Waals surface area (Å²) in [5.41, 5.74) is 0. The van der Waals surface area contributed by atoms with Crippen molar-refractivity contribution in [3.05, 3.63) is 0 Å². The van der Waals surface area contributed by atoms with Gasteiger partial charge in [-0.15, -0.1) is 0 Å². The van der Waals surface area contributed by atoms with Gasteiger partial charge in [-0.05, 0) is 0 Å². The monoisotopic (exact) mass is 571 g/mol. The molecule has 10 atom stereocenters. The van der Waals surface area contributed by atoms with E-state index in [4.69, 9.17) is 24.4 Å². The SMILES string of the molecule is CC(O)(OC(=O)N(O)S(=O)(=O)[C@@]1(OC2(CO)O[C@H](CO)[C@@H](O)[C@@H]2O)O[C@H](CO)[C@@H](O)[C@H](O)[C@H]1O)C(O)O. The predicted molar refractivity (Wildman–Crippen MR) is 105 cm³/mol. The number of aliphatic hydroxyl groups is 11. The molecule has 0 radical (unpaired) electrons. The molecule has 2 saturated heterocycles. The summed E-state index contributed by atoms with van der Waals surface area (Å²) < 4.78 is 44.4. The van der Waals surface area contributed by atoms with Crippen LogP contribution >= 0.6 is 0 Å². The van der Waals surface area contributed by atoms with E-state index in [0.717, 1.165) is 0 Å². The molecule has 2 rings (SSSR count). The Morgan fingerprint density at radius 2 is 1.49 bits per heavy atom. The standard InChI is InChI=1S/C16H29NO19S/c1-14(29,12(26)27)35-13(28)17(30)37(31,32)16(11(25)9(23)7(21)5(2-18)34-16)36-15(4-20)10(24)8(22)6(3-19)33-15/h5-12,18-27,29-30H,2-4H2,1H3/t5-,6-,7-,8-,9+,10+,11-,14?,15?,16-/m1/s1. The van der Waals surface area contributed by atoms with Crippen molar-refractivity contribution in [1.29, 1.82) is 0 Å². The second-order valence-corrected chi connectivity index (χ2v) is 10.1. The highest BCUT2D eigenvalue weighted by molar-refractivity contribution is 7.90. The molecule has 0 spiro atoms. The summed E-state index contributed by atoms with van der Waals surface area (Å²) in [6, 6.07) is 0. The molecule has 0 aromatic rings. The van der Waals surface area contributed by atoms with Crippen molar-refractivity contribution >= 4 is 16.1 Å². The minimum atomic E-state index is -6.25. The van der Waals surface area contributed by atoms with Crippen molar-refractivity contribution in [2.75, 3.05) is 19.8 Å². The maximum absolute atomic E-state index is 13.4. The third kappa shape index (κ3) is 5.27. The molecule has 2 heterocycles. The Labute approximate surface area is 207 Å². The fourth-order valence-corrected chi connectivity index (χ4v) is 4.85. The number of amides is 1. The van der Waals surface area contributed by atoms with Gasteiger partial charge in [-0.1, -0.05) is 4.47 Å². The highest BCUT2D eigenvalue weighted by Crippen LogP contribution is 2.44. The average Bonchev–Trinajstić information content (AvgIpc) is 3.08. The summed E-state index contributed by atoms with van der Waals surface area (Å²) in [5.74, 6) is -6.40. The van der Waals surface area contributed by atoms with Crippen molar-refractivity contribution in [3.63, 3.8) is 0 Å². The summed E-state index contributed by atoms with van der Waals surface area (Å²) in [7, 11) is -6.25. The third-order valence-electron chi connectivity index (χ3n) is 5.65. The maximum atomic E-state index is 13.4. The van der Waals surface area contributed by atoms with Gasteiger partial charge in [0, 0.05) is 6.92 Å². The lowest BCUT2D eigenvalue weighted by Crippen LogP contribution is -2.74. The molecule has 0 aliphatic carbocycles. The van der Waals surface area contributed by atoms with Gasteiger partial charge in [0.15, 0.2) is 6.10 Å². The topological polar surface area (TPSA) is 334 Å². The molecule has 0 saturated carbocycles. The molecule has 2 fully saturated rings. The molecule has 12 N–H and O–H groups in total. The first-order chi connectivity index (χ1) is 16.9. The van der Waals surface area contributed by atoms with E-state index in [2.05, 4.69) is 4.74 Å². The van der Waals surface area contributed by atoms with E-state index >= 15 is 0 Å². The number of hydrogen-bond acceptors (Lipinski definition) is 19. The van der Waals surface area contributed by atoms with Gasteiger partial charge in [0.05, 0.1) is 13.2 Å². The van der Waals surface area contributed by atoms with E-state index < -0.39 is 106 Å². The third-order valence-corrected chi connectivity index (χ3v) is 7.39. The van der Waals surface area contributed by atoms with Crippen LogP contribution in [0.15, 0.2) is 0 Å². The minimum Gasteiger partial charge on any atom is -0.409 e. The number of hydrogen-bond donors (Lipinski definition) is 12. The van der Waals surface area contributed by atoms with Crippen LogP contribution in [-0.4, -0.2) is 166 Å². The van der Waals surface area contributed by atoms with E-state index in [1.165, 1.54) is 0 Å². The number of ether oxygens (including phenoxy) is 4. The molecular weight excluding hydrogens is 542 g/mol. The lowest BCUT2D eigenvalue weighted by molar-refractivity contribution is -0.403. The highest BCUT2D eigenvalue weighted by atomic mass is 32.2. The number of aliphatic hydroxyl groups excluding tert-OH is 9. The molecule has 37 heavy (non-hydrogen) atoms. The number of carbonyl (C=O) groups excluding carboxylic acids is 1. The molecule has 0 bridgehead atoms. The number of hydroxylamine groups is 1. The lowest BCUT2D eigenvalue weighted by Gasteiger charge is -2.50. The lowest BCUT2D eigenvalue weighted by atomic mass is 9.98. The minimum absolute atomic E-state index is 0.441. The number of carbonyl (C=O) groups is 1. The summed E-state index contributed by atoms with van der Waals surface area (Å²) in [4.78, 5) is 12.2. The van der Waals surface area contributed by atoms with E-state index in [1.54, 1.807) is 0 Å². The average molecular weight is 571 g/mol. The molecule has 21 heteroatoms. The zero-order chi connectivity index (χ0) is 28.7. The predicted octanol–water partition coefficient (Wildman–Crippen LogP) is -7.89. The number of sulfonamides is 1. The summed E-state index contributed by atoms with van der Waals surface area (Å²) >= 11 is 0. The van der Waals surface area contributed by atoms with Crippen molar-refractivity contribution in [3.8, 4) is 0 Å². The summed E-state index contributed by atoms with van der Waals surface area (Å²) in [6.07, 6.45) is -21.8. The van der Waals surface area contributed by atoms with Crippen LogP contribution in [0, 0.1) is 0 Å². The molecule has 218 valence electrons. The number of nitrogens with zero attached hydrogens (tertiary/aromatic N) is 1. The summed E-state index contributed by atoms with van der Waals surface area (Å²) in [5, 5.41) is 114. The van der Waals surface area contributed by atoms with Gasteiger partial charge in [0.25, 0.3) is 5.79 Å². The Kier molecular flexibility index (Phi) is 9.47. The second kappa shape index (κ2) is 11.0. The van der Waals surface area contributed by atoms with E-state index in [0.29, 0.717) is 6.92 Å². The largest absolute Gasteiger partial charge is 0.451 e. The van der Waals surface area contributed by atoms with Gasteiger partial charge in [0.1, 0.15) is 43.2 Å². The van der Waals surface area contributed by atoms with Gasteiger partial charge in [-0.3, -0.25) is 9.94 Å². The molecule has 0 aromatic heterocycles. The van der Waals surface area contributed by atoms with Crippen LogP contribution in [0.3, 0.4) is 0 Å². The normalized spacial score (nSPS) is 40.4. The van der Waals surface area contributed by atoms with Crippen LogP contribution in [0.1, 0.15) is 6.92 Å². The van der Waals surface area contributed by atoms with Gasteiger partial charge in [-0.25, -0.2) is 4.79 Å². The van der Waals surface area contributed by atoms with E-state index in [9.17, 15) is 64.4 Å². The molecule has 20 nitrogen and oxygen atoms in total. The van der Waals surface area contributed by atoms with Gasteiger partial charge in [-0.2, -0.15) is 8.42 Å². The van der Waals surface area contributed by atoms with E-state index in [-0.39, 0.29) is 0 Å². The molecule has 1 amide bonds.